The van der Waals surface area contributed by atoms with E-state index in [1.54, 1.807) is 22.7 Å². The predicted molar refractivity (Wildman–Crippen MR) is 197 cm³/mol. The molecule has 0 unspecified atom stereocenters. The topological polar surface area (TPSA) is 0 Å². The zero-order chi connectivity index (χ0) is 27.9. The van der Waals surface area contributed by atoms with E-state index in [9.17, 15) is 0 Å². The summed E-state index contributed by atoms with van der Waals surface area (Å²) in [5.41, 5.74) is 0. The van der Waals surface area contributed by atoms with Gasteiger partial charge in [0, 0.05) is 68.3 Å². The molecule has 8 heterocycles. The molecule has 8 aromatic rings. The second kappa shape index (κ2) is 11.8. The Labute approximate surface area is 276 Å². The smallest absolute Gasteiger partial charge is 0.0449 e. The van der Waals surface area contributed by atoms with Gasteiger partial charge in [0.05, 0.1) is 0 Å². The molecule has 204 valence electrons. The molecule has 0 aliphatic heterocycles. The maximum Gasteiger partial charge on any atom is 0.0449 e. The largest absolute Gasteiger partial charge is 0.143 e. The highest BCUT2D eigenvalue weighted by Gasteiger charge is 2.12. The molecule has 0 bridgehead atoms. The Morgan fingerprint density at radius 3 is 0.881 bits per heavy atom. The average Bonchev–Trinajstić information content (AvgIpc) is 3.85. The molecule has 0 aliphatic rings. The Balaban J connectivity index is 0.945. The van der Waals surface area contributed by atoms with Crippen molar-refractivity contribution < 1.29 is 0 Å². The lowest BCUT2D eigenvalue weighted by molar-refractivity contribution is 1.89. The van der Waals surface area contributed by atoms with Gasteiger partial charge in [-0.3, -0.25) is 0 Å². The first-order chi connectivity index (χ1) is 20.7. The van der Waals surface area contributed by atoms with E-state index in [1.165, 1.54) is 68.3 Å². The van der Waals surface area contributed by atoms with Gasteiger partial charge in [-0.1, -0.05) is 12.1 Å². The van der Waals surface area contributed by atoms with Crippen LogP contribution in [0.4, 0.5) is 0 Å². The third kappa shape index (κ3) is 5.54. The van der Waals surface area contributed by atoms with Gasteiger partial charge < -0.3 is 0 Å². The van der Waals surface area contributed by atoms with E-state index in [4.69, 9.17) is 0 Å². The average molecular weight is 685 g/mol. The van der Waals surface area contributed by atoms with E-state index >= 15 is 0 Å². The predicted octanol–water partition coefficient (Wildman–Crippen LogP) is 14.4. The van der Waals surface area contributed by atoms with Crippen LogP contribution in [-0.2, 0) is 0 Å². The van der Waals surface area contributed by atoms with Gasteiger partial charge in [0.15, 0.2) is 0 Å². The summed E-state index contributed by atoms with van der Waals surface area (Å²) < 4.78 is 0. The minimum absolute atomic E-state index is 1.28. The Morgan fingerprint density at radius 1 is 0.286 bits per heavy atom. The summed E-state index contributed by atoms with van der Waals surface area (Å²) in [6, 6.07) is 35.7. The van der Waals surface area contributed by atoms with Crippen LogP contribution < -0.4 is 0 Å². The normalized spacial score (nSPS) is 11.7. The van der Waals surface area contributed by atoms with Gasteiger partial charge in [-0.05, 0) is 108 Å². The fourth-order valence-electron chi connectivity index (χ4n) is 4.56. The minimum atomic E-state index is 1.28. The number of hydrogen-bond donors (Lipinski definition) is 0. The molecule has 0 atom stereocenters. The van der Waals surface area contributed by atoms with Crippen LogP contribution >= 0.6 is 90.7 Å². The third-order valence-corrected chi connectivity index (χ3v) is 15.9. The van der Waals surface area contributed by atoms with Crippen molar-refractivity contribution in [3.8, 4) is 58.5 Å². The molecule has 42 heavy (non-hydrogen) atoms. The summed E-state index contributed by atoms with van der Waals surface area (Å²) in [6.07, 6.45) is 4.50. The SMILES string of the molecule is C(=C\c1ccc(-c2ccc(-c3ccc(-c4cccs4)s3)s2)s1)/c1ccc(-c2ccc(-c3ccc(-c4cccs4)s3)s2)s1. The number of thiophene rings is 8. The van der Waals surface area contributed by atoms with Crippen LogP contribution in [0.5, 0.6) is 0 Å². The molecular formula is C34H20S8. The maximum atomic E-state index is 2.27. The van der Waals surface area contributed by atoms with Crippen molar-refractivity contribution in [1.82, 2.24) is 0 Å². The molecule has 0 spiro atoms. The van der Waals surface area contributed by atoms with Gasteiger partial charge >= 0.3 is 0 Å². The first-order valence-corrected chi connectivity index (χ1v) is 19.8. The molecular weight excluding hydrogens is 665 g/mol. The lowest BCUT2D eigenvalue weighted by atomic mass is 10.3. The first kappa shape index (κ1) is 26.9. The summed E-state index contributed by atoms with van der Waals surface area (Å²) in [4.78, 5) is 18.6. The highest BCUT2D eigenvalue weighted by Crippen LogP contribution is 2.44. The summed E-state index contributed by atoms with van der Waals surface area (Å²) >= 11 is 14.9. The zero-order valence-electron chi connectivity index (χ0n) is 21.8. The van der Waals surface area contributed by atoms with Crippen molar-refractivity contribution in [2.45, 2.75) is 0 Å². The van der Waals surface area contributed by atoms with Gasteiger partial charge in [-0.15, -0.1) is 90.7 Å². The highest BCUT2D eigenvalue weighted by molar-refractivity contribution is 7.29. The van der Waals surface area contributed by atoms with Crippen molar-refractivity contribution in [2.24, 2.45) is 0 Å². The second-order valence-corrected chi connectivity index (χ2v) is 17.8. The lowest BCUT2D eigenvalue weighted by Gasteiger charge is -1.92. The van der Waals surface area contributed by atoms with Crippen LogP contribution in [0.3, 0.4) is 0 Å². The van der Waals surface area contributed by atoms with E-state index in [-0.39, 0.29) is 0 Å². The molecule has 0 aromatic carbocycles. The summed E-state index contributed by atoms with van der Waals surface area (Å²) in [5, 5.41) is 4.29. The number of rotatable bonds is 8. The van der Waals surface area contributed by atoms with E-state index in [1.807, 2.05) is 68.0 Å². The Kier molecular flexibility index (Phi) is 7.56. The Morgan fingerprint density at radius 2 is 0.571 bits per heavy atom. The van der Waals surface area contributed by atoms with Crippen LogP contribution in [0.15, 0.2) is 108 Å². The molecule has 0 saturated heterocycles. The van der Waals surface area contributed by atoms with Crippen LogP contribution in [0.2, 0.25) is 0 Å². The van der Waals surface area contributed by atoms with Crippen molar-refractivity contribution in [2.75, 3.05) is 0 Å². The molecule has 8 rings (SSSR count). The van der Waals surface area contributed by atoms with E-state index < -0.39 is 0 Å². The molecule has 8 heteroatoms. The van der Waals surface area contributed by atoms with Crippen molar-refractivity contribution >= 4 is 103 Å². The van der Waals surface area contributed by atoms with E-state index in [2.05, 4.69) is 120 Å². The van der Waals surface area contributed by atoms with E-state index in [0.29, 0.717) is 0 Å². The van der Waals surface area contributed by atoms with Gasteiger partial charge in [0.2, 0.25) is 0 Å². The summed E-state index contributed by atoms with van der Waals surface area (Å²) in [5.74, 6) is 0. The summed E-state index contributed by atoms with van der Waals surface area (Å²) in [7, 11) is 0. The molecule has 0 N–H and O–H groups in total. The van der Waals surface area contributed by atoms with Crippen molar-refractivity contribution in [3.05, 3.63) is 118 Å². The van der Waals surface area contributed by atoms with Crippen LogP contribution in [-0.4, -0.2) is 0 Å². The lowest BCUT2D eigenvalue weighted by Crippen LogP contribution is -1.59. The number of hydrogen-bond acceptors (Lipinski definition) is 8. The van der Waals surface area contributed by atoms with Crippen LogP contribution in [0.1, 0.15) is 9.75 Å². The standard InChI is InChI=1S/C34H20S8/c1-3-23(35-19-1)25-11-13-31(39-25)33-17-15-29(41-33)27-9-7-21(37-27)5-6-22-8-10-28(38-22)30-16-18-34(42-30)32-14-12-26(40-32)24-4-2-20-36-24/h1-20H/b6-5+. The van der Waals surface area contributed by atoms with Gasteiger partial charge in [-0.2, -0.15) is 0 Å². The Bertz CT molecular complexity index is 1940. The quantitative estimate of drug-likeness (QED) is 0.149. The maximum absolute atomic E-state index is 2.27. The molecule has 0 saturated carbocycles. The van der Waals surface area contributed by atoms with Crippen molar-refractivity contribution in [3.63, 3.8) is 0 Å². The fourth-order valence-corrected chi connectivity index (χ4v) is 12.4. The second-order valence-electron chi connectivity index (χ2n) is 9.35. The third-order valence-electron chi connectivity index (χ3n) is 6.59. The fraction of sp³-hybridized carbons (Fsp3) is 0. The molecule has 0 aliphatic carbocycles. The van der Waals surface area contributed by atoms with Crippen molar-refractivity contribution in [1.29, 1.82) is 0 Å². The minimum Gasteiger partial charge on any atom is -0.143 e. The molecule has 0 radical (unpaired) electrons. The summed E-state index contributed by atoms with van der Waals surface area (Å²) in [6.45, 7) is 0. The first-order valence-electron chi connectivity index (χ1n) is 13.1. The van der Waals surface area contributed by atoms with Gasteiger partial charge in [0.25, 0.3) is 0 Å². The zero-order valence-corrected chi connectivity index (χ0v) is 28.3. The van der Waals surface area contributed by atoms with Crippen LogP contribution in [0.25, 0.3) is 70.7 Å². The molecule has 0 fully saturated rings. The Hall–Kier alpha value is -2.66. The monoisotopic (exact) mass is 684 g/mol. The molecule has 0 amide bonds. The van der Waals surface area contributed by atoms with Gasteiger partial charge in [-0.25, -0.2) is 0 Å². The highest BCUT2D eigenvalue weighted by atomic mass is 32.1. The molecule has 8 aromatic heterocycles. The van der Waals surface area contributed by atoms with Crippen LogP contribution in [0, 0.1) is 0 Å². The van der Waals surface area contributed by atoms with E-state index in [0.717, 1.165) is 0 Å². The van der Waals surface area contributed by atoms with Gasteiger partial charge in [0.1, 0.15) is 0 Å². The molecule has 0 nitrogen and oxygen atoms in total.